The van der Waals surface area contributed by atoms with Crippen molar-refractivity contribution >= 4 is 16.9 Å². The minimum absolute atomic E-state index is 0.161. The van der Waals surface area contributed by atoms with E-state index >= 15 is 0 Å². The molecular weight excluding hydrogens is 368 g/mol. The molecule has 0 saturated heterocycles. The van der Waals surface area contributed by atoms with Crippen molar-refractivity contribution < 1.29 is 19.4 Å². The molecule has 0 spiro atoms. The molecule has 6 heteroatoms. The molecule has 0 aliphatic carbocycles. The quantitative estimate of drug-likeness (QED) is 0.544. The maximum Gasteiger partial charge on any atom is 0.340 e. The summed E-state index contributed by atoms with van der Waals surface area (Å²) in [4.78, 5) is 12.4. The zero-order chi connectivity index (χ0) is 20.8. The molecule has 154 valence electrons. The number of rotatable bonds is 9. The molecule has 0 radical (unpaired) electrons. The van der Waals surface area contributed by atoms with Crippen molar-refractivity contribution in [2.75, 3.05) is 19.8 Å². The number of aliphatic hydroxyl groups is 1. The topological polar surface area (TPSA) is 72.7 Å². The summed E-state index contributed by atoms with van der Waals surface area (Å²) in [6.07, 6.45) is -0.642. The van der Waals surface area contributed by atoms with E-state index in [1.54, 1.807) is 6.92 Å². The van der Waals surface area contributed by atoms with Crippen LogP contribution in [0.15, 0.2) is 48.5 Å². The fraction of sp³-hybridized carbons (Fsp3) is 0.348. The van der Waals surface area contributed by atoms with Gasteiger partial charge in [0.2, 0.25) is 0 Å². The normalized spacial score (nSPS) is 12.1. The number of hydrogen-bond donors (Lipinski definition) is 2. The van der Waals surface area contributed by atoms with Gasteiger partial charge in [0.15, 0.2) is 0 Å². The molecule has 0 aliphatic heterocycles. The highest BCUT2D eigenvalue weighted by Crippen LogP contribution is 2.29. The van der Waals surface area contributed by atoms with Gasteiger partial charge in [-0.1, -0.05) is 30.3 Å². The van der Waals surface area contributed by atoms with E-state index < -0.39 is 6.10 Å². The molecule has 0 saturated carbocycles. The summed E-state index contributed by atoms with van der Waals surface area (Å²) in [6.45, 7) is 5.29. The van der Waals surface area contributed by atoms with E-state index in [1.807, 2.05) is 67.1 Å². The standard InChI is InChI=1S/C23H28N2O4/c1-4-28-23(27)22-16(2)25(3)21-11-10-19(12-20(21)22)29-15-18(26)14-24-13-17-8-6-5-7-9-17/h5-12,18,24,26H,4,13-15H2,1-3H3/t18-/m0/s1. The van der Waals surface area contributed by atoms with Gasteiger partial charge < -0.3 is 24.5 Å². The molecule has 0 unspecified atom stereocenters. The van der Waals surface area contributed by atoms with Crippen molar-refractivity contribution in [3.05, 3.63) is 65.4 Å². The Morgan fingerprint density at radius 1 is 1.21 bits per heavy atom. The number of ether oxygens (including phenoxy) is 2. The predicted octanol–water partition coefficient (Wildman–Crippen LogP) is 3.19. The van der Waals surface area contributed by atoms with E-state index in [9.17, 15) is 9.90 Å². The van der Waals surface area contributed by atoms with Gasteiger partial charge in [-0.15, -0.1) is 0 Å². The highest BCUT2D eigenvalue weighted by atomic mass is 16.5. The van der Waals surface area contributed by atoms with E-state index in [2.05, 4.69) is 5.32 Å². The summed E-state index contributed by atoms with van der Waals surface area (Å²) in [5.41, 5.74) is 3.50. The van der Waals surface area contributed by atoms with Crippen LogP contribution in [0.3, 0.4) is 0 Å². The Kier molecular flexibility index (Phi) is 6.90. The lowest BCUT2D eigenvalue weighted by molar-refractivity contribution is 0.0527. The van der Waals surface area contributed by atoms with Crippen LogP contribution in [-0.4, -0.2) is 41.5 Å². The summed E-state index contributed by atoms with van der Waals surface area (Å²) >= 11 is 0. The molecule has 1 atom stereocenters. The van der Waals surface area contributed by atoms with Crippen molar-refractivity contribution in [2.24, 2.45) is 7.05 Å². The van der Waals surface area contributed by atoms with Crippen LogP contribution in [0, 0.1) is 6.92 Å². The van der Waals surface area contributed by atoms with Crippen molar-refractivity contribution in [3.8, 4) is 5.75 Å². The first-order chi connectivity index (χ1) is 14.0. The van der Waals surface area contributed by atoms with Crippen LogP contribution < -0.4 is 10.1 Å². The second kappa shape index (κ2) is 9.58. The van der Waals surface area contributed by atoms with Crippen LogP contribution in [-0.2, 0) is 18.3 Å². The molecule has 2 aromatic carbocycles. The largest absolute Gasteiger partial charge is 0.491 e. The van der Waals surface area contributed by atoms with Gasteiger partial charge in [0.05, 0.1) is 12.2 Å². The molecule has 6 nitrogen and oxygen atoms in total. The van der Waals surface area contributed by atoms with Gasteiger partial charge in [-0.05, 0) is 37.6 Å². The first kappa shape index (κ1) is 20.9. The van der Waals surface area contributed by atoms with Gasteiger partial charge in [0.1, 0.15) is 18.5 Å². The fourth-order valence-electron chi connectivity index (χ4n) is 3.33. The number of hydrogen-bond acceptors (Lipinski definition) is 5. The van der Waals surface area contributed by atoms with Crippen LogP contribution in [0.2, 0.25) is 0 Å². The van der Waals surface area contributed by atoms with Gasteiger partial charge >= 0.3 is 5.97 Å². The van der Waals surface area contributed by atoms with Crippen molar-refractivity contribution in [3.63, 3.8) is 0 Å². The number of nitrogens with zero attached hydrogens (tertiary/aromatic N) is 1. The number of aryl methyl sites for hydroxylation is 1. The third-order valence-corrected chi connectivity index (χ3v) is 4.94. The Hall–Kier alpha value is -2.83. The Balaban J connectivity index is 1.62. The lowest BCUT2D eigenvalue weighted by Crippen LogP contribution is -2.31. The molecule has 1 aromatic heterocycles. The Morgan fingerprint density at radius 3 is 2.69 bits per heavy atom. The second-order valence-electron chi connectivity index (χ2n) is 7.00. The number of aromatic nitrogens is 1. The van der Waals surface area contributed by atoms with E-state index in [0.29, 0.717) is 31.0 Å². The number of carbonyl (C=O) groups excluding carboxylic acids is 1. The van der Waals surface area contributed by atoms with Crippen molar-refractivity contribution in [2.45, 2.75) is 26.5 Å². The van der Waals surface area contributed by atoms with Gasteiger partial charge in [-0.3, -0.25) is 0 Å². The van der Waals surface area contributed by atoms with Crippen molar-refractivity contribution in [1.82, 2.24) is 9.88 Å². The number of carbonyl (C=O) groups is 1. The maximum atomic E-state index is 12.4. The van der Waals surface area contributed by atoms with Gasteiger partial charge in [0, 0.05) is 36.7 Å². The zero-order valence-corrected chi connectivity index (χ0v) is 17.1. The minimum atomic E-state index is -0.642. The number of nitrogens with one attached hydrogen (secondary N) is 1. The lowest BCUT2D eigenvalue weighted by atomic mass is 10.1. The summed E-state index contributed by atoms with van der Waals surface area (Å²) in [6, 6.07) is 15.6. The van der Waals surface area contributed by atoms with Crippen LogP contribution in [0.4, 0.5) is 0 Å². The number of esters is 1. The molecule has 29 heavy (non-hydrogen) atoms. The first-order valence-corrected chi connectivity index (χ1v) is 9.83. The molecule has 3 rings (SSSR count). The Labute approximate surface area is 171 Å². The molecule has 0 aliphatic rings. The third-order valence-electron chi connectivity index (χ3n) is 4.94. The Bertz CT molecular complexity index is 966. The van der Waals surface area contributed by atoms with Crippen molar-refractivity contribution in [1.29, 1.82) is 0 Å². The molecule has 3 aromatic rings. The molecule has 0 fully saturated rings. The monoisotopic (exact) mass is 396 g/mol. The van der Waals surface area contributed by atoms with Crippen LogP contribution in [0.5, 0.6) is 5.75 Å². The summed E-state index contributed by atoms with van der Waals surface area (Å²) in [5.74, 6) is 0.272. The van der Waals surface area contributed by atoms with Gasteiger partial charge in [0.25, 0.3) is 0 Å². The van der Waals surface area contributed by atoms with E-state index in [1.165, 1.54) is 0 Å². The van der Waals surface area contributed by atoms with E-state index in [-0.39, 0.29) is 12.6 Å². The van der Waals surface area contributed by atoms with Crippen LogP contribution in [0.25, 0.3) is 10.9 Å². The highest BCUT2D eigenvalue weighted by molar-refractivity contribution is 6.06. The first-order valence-electron chi connectivity index (χ1n) is 9.83. The number of fused-ring (bicyclic) bond motifs is 1. The third kappa shape index (κ3) is 4.96. The number of benzene rings is 2. The van der Waals surface area contributed by atoms with Crippen LogP contribution >= 0.6 is 0 Å². The Morgan fingerprint density at radius 2 is 1.97 bits per heavy atom. The second-order valence-corrected chi connectivity index (χ2v) is 7.00. The SMILES string of the molecule is CCOC(=O)c1c(C)n(C)c2ccc(OC[C@@H](O)CNCc3ccccc3)cc12. The maximum absolute atomic E-state index is 12.4. The molecule has 2 N–H and O–H groups in total. The van der Waals surface area contributed by atoms with Gasteiger partial charge in [-0.25, -0.2) is 4.79 Å². The minimum Gasteiger partial charge on any atom is -0.491 e. The fourth-order valence-corrected chi connectivity index (χ4v) is 3.33. The summed E-state index contributed by atoms with van der Waals surface area (Å²) < 4.78 is 12.9. The molecule has 0 amide bonds. The molecule has 0 bridgehead atoms. The van der Waals surface area contributed by atoms with E-state index in [4.69, 9.17) is 9.47 Å². The lowest BCUT2D eigenvalue weighted by Gasteiger charge is -2.13. The number of aliphatic hydroxyl groups excluding tert-OH is 1. The van der Waals surface area contributed by atoms with E-state index in [0.717, 1.165) is 22.2 Å². The van der Waals surface area contributed by atoms with Gasteiger partial charge in [-0.2, -0.15) is 0 Å². The highest BCUT2D eigenvalue weighted by Gasteiger charge is 2.20. The zero-order valence-electron chi connectivity index (χ0n) is 17.1. The summed E-state index contributed by atoms with van der Waals surface area (Å²) in [7, 11) is 1.92. The average molecular weight is 396 g/mol. The predicted molar refractivity (Wildman–Crippen MR) is 113 cm³/mol. The average Bonchev–Trinajstić information content (AvgIpc) is 2.97. The smallest absolute Gasteiger partial charge is 0.340 e. The molecular formula is C23H28N2O4. The molecule has 1 heterocycles. The summed E-state index contributed by atoms with van der Waals surface area (Å²) in [5, 5.41) is 14.2. The van der Waals surface area contributed by atoms with Crippen LogP contribution in [0.1, 0.15) is 28.5 Å².